The van der Waals surface area contributed by atoms with Crippen LogP contribution in [-0.2, 0) is 63.4 Å². The highest BCUT2D eigenvalue weighted by molar-refractivity contribution is 5.07. The van der Waals surface area contributed by atoms with Gasteiger partial charge in [0, 0.05) is 137 Å². The zero-order valence-corrected chi connectivity index (χ0v) is 43.8. The Bertz CT molecular complexity index is 2080. The van der Waals surface area contributed by atoms with Gasteiger partial charge in [0.2, 0.25) is 0 Å². The molecule has 0 radical (unpaired) electrons. The summed E-state index contributed by atoms with van der Waals surface area (Å²) in [7, 11) is 17.7. The average Bonchev–Trinajstić information content (AvgIpc) is 4.18. The normalized spacial score (nSPS) is 9.59. The molecule has 9 heterocycles. The van der Waals surface area contributed by atoms with Crippen molar-refractivity contribution in [2.24, 2.45) is 63.4 Å². The Kier molecular flexibility index (Phi) is 25.4. The first-order valence-electron chi connectivity index (χ1n) is 21.6. The van der Waals surface area contributed by atoms with Crippen LogP contribution in [0, 0.1) is 83.1 Å². The lowest BCUT2D eigenvalue weighted by Gasteiger charge is -1.93. The highest BCUT2D eigenvalue weighted by atomic mass is 15.3. The number of aromatic nitrogens is 17. The third-order valence-corrected chi connectivity index (χ3v) is 9.51. The minimum Gasteiger partial charge on any atom is -0.357 e. The van der Waals surface area contributed by atoms with Crippen molar-refractivity contribution in [3.8, 4) is 0 Å². The molecule has 0 saturated carbocycles. The summed E-state index contributed by atoms with van der Waals surface area (Å²) in [6.45, 7) is 24.1. The maximum Gasteiger partial charge on any atom is 0.129 e. The van der Waals surface area contributed by atoms with E-state index >= 15 is 0 Å². The van der Waals surface area contributed by atoms with Gasteiger partial charge in [0.1, 0.15) is 23.3 Å². The first-order valence-corrected chi connectivity index (χ1v) is 21.6. The zero-order valence-electron chi connectivity index (χ0n) is 43.8. The molecule has 17 nitrogen and oxygen atoms in total. The van der Waals surface area contributed by atoms with E-state index in [0.717, 1.165) is 34.7 Å². The predicted octanol–water partition coefficient (Wildman–Crippen LogP) is 8.09. The van der Waals surface area contributed by atoms with Gasteiger partial charge in [-0.3, -0.25) is 9.36 Å². The van der Waals surface area contributed by atoms with Crippen molar-refractivity contribution < 1.29 is 0 Å². The van der Waals surface area contributed by atoms with E-state index in [0.29, 0.717) is 0 Å². The summed E-state index contributed by atoms with van der Waals surface area (Å²) >= 11 is 0. The van der Waals surface area contributed by atoms with E-state index < -0.39 is 0 Å². The van der Waals surface area contributed by atoms with Gasteiger partial charge in [-0.15, -0.1) is 10.2 Å². The van der Waals surface area contributed by atoms with Crippen LogP contribution in [0.4, 0.5) is 0 Å². The molecule has 9 aromatic rings. The Hall–Kier alpha value is -7.04. The number of nitrogens with zero attached hydrogens (tertiary/aromatic N) is 17. The standard InChI is InChI=1S/2C6H10N2.2C6H9N.C5H9N3.4C5H8N2/c2*1-5-4-7-6(2)8(5)3;2*1-6-3-4-7(2)5-6;1-4-6-7-5(2)8(4)3;2*1-5-3-7(2)4-6-5;2*1-5-3-6-7(2)4-5/h2*4H,1-3H3;2*3-5H,1-2H3;1-3H3;4*3-4H,1-2H3. The minimum atomic E-state index is 0.961. The number of rotatable bonds is 0. The van der Waals surface area contributed by atoms with Crippen LogP contribution in [0.3, 0.4) is 0 Å². The predicted molar refractivity (Wildman–Crippen MR) is 268 cm³/mol. The van der Waals surface area contributed by atoms with E-state index in [1.54, 1.807) is 22.0 Å². The van der Waals surface area contributed by atoms with Crippen LogP contribution in [0.2, 0.25) is 0 Å². The lowest BCUT2D eigenvalue weighted by atomic mass is 10.4. The van der Waals surface area contributed by atoms with Crippen LogP contribution in [0.1, 0.15) is 68.3 Å². The van der Waals surface area contributed by atoms with E-state index in [2.05, 4.69) is 87.8 Å². The Balaban J connectivity index is 0.000000371. The first-order chi connectivity index (χ1) is 30.9. The van der Waals surface area contributed by atoms with E-state index in [-0.39, 0.29) is 0 Å². The van der Waals surface area contributed by atoms with Gasteiger partial charge in [-0.25, -0.2) is 19.9 Å². The molecule has 0 aromatic carbocycles. The molecule has 0 aliphatic carbocycles. The second-order valence-corrected chi connectivity index (χ2v) is 16.3. The van der Waals surface area contributed by atoms with Crippen LogP contribution in [0.5, 0.6) is 0 Å². The number of imidazole rings is 4. The fraction of sp³-hybridized carbons (Fsp3) is 0.429. The van der Waals surface area contributed by atoms with Gasteiger partial charge in [-0.1, -0.05) is 0 Å². The summed E-state index contributed by atoms with van der Waals surface area (Å²) in [5.41, 5.74) is 9.63. The second-order valence-electron chi connectivity index (χ2n) is 16.3. The van der Waals surface area contributed by atoms with Crippen molar-refractivity contribution in [3.63, 3.8) is 0 Å². The molecule has 0 bridgehead atoms. The Labute approximate surface area is 394 Å². The summed E-state index contributed by atoms with van der Waals surface area (Å²) in [6.07, 6.45) is 27.1. The molecule has 0 amide bonds. The molecule has 0 unspecified atom stereocenters. The quantitative estimate of drug-likeness (QED) is 0.148. The minimum absolute atomic E-state index is 0.961. The van der Waals surface area contributed by atoms with E-state index in [4.69, 9.17) is 0 Å². The molecule has 9 rings (SSSR count). The number of hydrogen-bond donors (Lipinski definition) is 0. The molecule has 0 fully saturated rings. The molecule has 0 spiro atoms. The Morgan fingerprint density at radius 3 is 0.758 bits per heavy atom. The molecule has 66 heavy (non-hydrogen) atoms. The van der Waals surface area contributed by atoms with Crippen LogP contribution in [-0.4, -0.2) is 81.7 Å². The van der Waals surface area contributed by atoms with E-state index in [1.807, 2.05) is 217 Å². The molecular weight excluding hydrogens is 827 g/mol. The summed E-state index contributed by atoms with van der Waals surface area (Å²) in [5.74, 6) is 4.06. The molecule has 360 valence electrons. The molecule has 0 N–H and O–H groups in total. The fourth-order valence-corrected chi connectivity index (χ4v) is 5.20. The molecule has 0 aliphatic heterocycles. The van der Waals surface area contributed by atoms with Gasteiger partial charge < -0.3 is 32.0 Å². The third-order valence-electron chi connectivity index (χ3n) is 9.51. The van der Waals surface area contributed by atoms with Crippen LogP contribution in [0.15, 0.2) is 99.1 Å². The lowest BCUT2D eigenvalue weighted by molar-refractivity contribution is 0.767. The van der Waals surface area contributed by atoms with Crippen molar-refractivity contribution in [2.45, 2.75) is 83.1 Å². The molecular formula is C49H79N17. The maximum absolute atomic E-state index is 4.08. The largest absolute Gasteiger partial charge is 0.357 e. The van der Waals surface area contributed by atoms with E-state index in [9.17, 15) is 0 Å². The lowest BCUT2D eigenvalue weighted by Crippen LogP contribution is -1.92. The van der Waals surface area contributed by atoms with Crippen molar-refractivity contribution in [2.75, 3.05) is 0 Å². The molecule has 0 atom stereocenters. The highest BCUT2D eigenvalue weighted by Gasteiger charge is 1.96. The van der Waals surface area contributed by atoms with Crippen LogP contribution in [0.25, 0.3) is 0 Å². The number of hydrogen-bond acceptors (Lipinski definition) is 8. The van der Waals surface area contributed by atoms with Crippen molar-refractivity contribution in [1.82, 2.24) is 81.7 Å². The van der Waals surface area contributed by atoms with Gasteiger partial charge >= 0.3 is 0 Å². The van der Waals surface area contributed by atoms with Gasteiger partial charge in [0.05, 0.1) is 36.4 Å². The smallest absolute Gasteiger partial charge is 0.129 e. The topological polar surface area (TPSA) is 147 Å². The average molecular weight is 906 g/mol. The molecule has 0 aliphatic rings. The van der Waals surface area contributed by atoms with Crippen LogP contribution < -0.4 is 0 Å². The van der Waals surface area contributed by atoms with Gasteiger partial charge in [-0.05, 0) is 117 Å². The summed E-state index contributed by atoms with van der Waals surface area (Å²) in [4.78, 5) is 16.1. The summed E-state index contributed by atoms with van der Waals surface area (Å²) in [5, 5.41) is 15.5. The van der Waals surface area contributed by atoms with Crippen LogP contribution >= 0.6 is 0 Å². The third kappa shape index (κ3) is 24.1. The van der Waals surface area contributed by atoms with Crippen molar-refractivity contribution in [1.29, 1.82) is 0 Å². The van der Waals surface area contributed by atoms with Crippen molar-refractivity contribution >= 4 is 0 Å². The maximum atomic E-state index is 4.08. The molecule has 17 heteroatoms. The van der Waals surface area contributed by atoms with E-state index in [1.165, 1.54) is 33.6 Å². The highest BCUT2D eigenvalue weighted by Crippen LogP contribution is 1.99. The summed E-state index contributed by atoms with van der Waals surface area (Å²) in [6, 6.07) is 4.17. The first kappa shape index (κ1) is 57.0. The Morgan fingerprint density at radius 2 is 0.682 bits per heavy atom. The summed E-state index contributed by atoms with van der Waals surface area (Å²) < 4.78 is 17.6. The Morgan fingerprint density at radius 1 is 0.333 bits per heavy atom. The van der Waals surface area contributed by atoms with Gasteiger partial charge in [-0.2, -0.15) is 10.2 Å². The zero-order chi connectivity index (χ0) is 50.1. The second kappa shape index (κ2) is 29.4. The molecule has 9 aromatic heterocycles. The molecule has 0 saturated heterocycles. The van der Waals surface area contributed by atoms with Crippen molar-refractivity contribution in [3.05, 3.63) is 167 Å². The van der Waals surface area contributed by atoms with Gasteiger partial charge in [0.15, 0.2) is 0 Å². The fourth-order valence-electron chi connectivity index (χ4n) is 5.20. The van der Waals surface area contributed by atoms with Gasteiger partial charge in [0.25, 0.3) is 0 Å². The number of aryl methyl sites for hydroxylation is 18. The SMILES string of the molecule is Cc1ccn(C)c1.Cc1ccn(C)c1.Cc1cn(C)cn1.Cc1cn(C)cn1.Cc1cnc(C)n1C.Cc1cnc(C)n1C.Cc1cnn(C)c1.Cc1cnn(C)c1.Cc1nnc(C)n1C. The monoisotopic (exact) mass is 906 g/mol.